The summed E-state index contributed by atoms with van der Waals surface area (Å²) in [5.41, 5.74) is 3.87. The molecule has 0 N–H and O–H groups in total. The standard InChI is InChI=1S/C16H16N4/c1-2-7-15-13(5-1)6-3-9-19(15)11-14-12-20-10-4-8-17-16(20)18-14/h1-2,4-5,7-8,10,12H,3,6,9,11H2. The Morgan fingerprint density at radius 2 is 2.10 bits per heavy atom. The molecule has 0 radical (unpaired) electrons. The van der Waals surface area contributed by atoms with Crippen molar-refractivity contribution >= 4 is 11.5 Å². The van der Waals surface area contributed by atoms with E-state index in [9.17, 15) is 0 Å². The maximum atomic E-state index is 4.59. The van der Waals surface area contributed by atoms with Crippen LogP contribution in [0.3, 0.4) is 0 Å². The number of nitrogens with zero attached hydrogens (tertiary/aromatic N) is 4. The first-order valence-electron chi connectivity index (χ1n) is 7.01. The highest BCUT2D eigenvalue weighted by molar-refractivity contribution is 5.55. The molecule has 0 aliphatic carbocycles. The van der Waals surface area contributed by atoms with Crippen LogP contribution in [0.25, 0.3) is 5.78 Å². The van der Waals surface area contributed by atoms with Crippen LogP contribution < -0.4 is 4.90 Å². The smallest absolute Gasteiger partial charge is 0.233 e. The second kappa shape index (κ2) is 4.63. The molecule has 1 aliphatic heterocycles. The van der Waals surface area contributed by atoms with Gasteiger partial charge in [-0.15, -0.1) is 0 Å². The molecule has 100 valence electrons. The molecule has 0 amide bonds. The topological polar surface area (TPSA) is 33.4 Å². The SMILES string of the molecule is c1ccc2c(c1)CCCN2Cc1cn2cccnc2n1. The van der Waals surface area contributed by atoms with Crippen molar-refractivity contribution in [1.29, 1.82) is 0 Å². The molecule has 0 atom stereocenters. The molecule has 0 spiro atoms. The molecular formula is C16H16N4. The molecule has 3 heterocycles. The van der Waals surface area contributed by atoms with Crippen LogP contribution in [0.4, 0.5) is 5.69 Å². The van der Waals surface area contributed by atoms with Gasteiger partial charge < -0.3 is 4.90 Å². The molecule has 1 aromatic carbocycles. The molecule has 20 heavy (non-hydrogen) atoms. The van der Waals surface area contributed by atoms with Gasteiger partial charge in [-0.3, -0.25) is 4.40 Å². The second-order valence-corrected chi connectivity index (χ2v) is 5.21. The minimum Gasteiger partial charge on any atom is -0.365 e. The second-order valence-electron chi connectivity index (χ2n) is 5.21. The first-order chi connectivity index (χ1) is 9.90. The maximum absolute atomic E-state index is 4.59. The van der Waals surface area contributed by atoms with Gasteiger partial charge in [-0.2, -0.15) is 0 Å². The van der Waals surface area contributed by atoms with Crippen molar-refractivity contribution in [2.45, 2.75) is 19.4 Å². The molecule has 4 nitrogen and oxygen atoms in total. The number of fused-ring (bicyclic) bond motifs is 2. The molecular weight excluding hydrogens is 248 g/mol. The van der Waals surface area contributed by atoms with E-state index >= 15 is 0 Å². The lowest BCUT2D eigenvalue weighted by Crippen LogP contribution is -2.28. The highest BCUT2D eigenvalue weighted by atomic mass is 15.2. The normalized spacial score (nSPS) is 14.5. The number of benzene rings is 1. The highest BCUT2D eigenvalue weighted by Crippen LogP contribution is 2.27. The van der Waals surface area contributed by atoms with Crippen LogP contribution in [0.1, 0.15) is 17.7 Å². The molecule has 3 aromatic rings. The zero-order valence-corrected chi connectivity index (χ0v) is 11.2. The first kappa shape index (κ1) is 11.5. The molecule has 0 saturated carbocycles. The van der Waals surface area contributed by atoms with Crippen molar-refractivity contribution in [3.8, 4) is 0 Å². The van der Waals surface area contributed by atoms with E-state index in [2.05, 4.69) is 45.3 Å². The van der Waals surface area contributed by atoms with Gasteiger partial charge in [0, 0.05) is 30.8 Å². The third-order valence-corrected chi connectivity index (χ3v) is 3.84. The minimum atomic E-state index is 0.771. The Labute approximate surface area is 117 Å². The van der Waals surface area contributed by atoms with Crippen molar-refractivity contribution in [2.24, 2.45) is 0 Å². The Morgan fingerprint density at radius 3 is 3.05 bits per heavy atom. The van der Waals surface area contributed by atoms with E-state index in [1.807, 2.05) is 16.7 Å². The van der Waals surface area contributed by atoms with Crippen molar-refractivity contribution in [3.05, 3.63) is 60.2 Å². The van der Waals surface area contributed by atoms with Crippen molar-refractivity contribution in [3.63, 3.8) is 0 Å². The van der Waals surface area contributed by atoms with E-state index in [4.69, 9.17) is 0 Å². The fourth-order valence-corrected chi connectivity index (χ4v) is 2.93. The van der Waals surface area contributed by atoms with Crippen molar-refractivity contribution in [1.82, 2.24) is 14.4 Å². The average Bonchev–Trinajstić information content (AvgIpc) is 2.90. The number of hydrogen-bond donors (Lipinski definition) is 0. The van der Waals surface area contributed by atoms with Crippen molar-refractivity contribution in [2.75, 3.05) is 11.4 Å². The lowest BCUT2D eigenvalue weighted by Gasteiger charge is -2.30. The van der Waals surface area contributed by atoms with Crippen LogP contribution in [0.5, 0.6) is 0 Å². The van der Waals surface area contributed by atoms with E-state index in [-0.39, 0.29) is 0 Å². The largest absolute Gasteiger partial charge is 0.365 e. The maximum Gasteiger partial charge on any atom is 0.233 e. The monoisotopic (exact) mass is 264 g/mol. The van der Waals surface area contributed by atoms with Gasteiger partial charge in [-0.25, -0.2) is 9.97 Å². The summed E-state index contributed by atoms with van der Waals surface area (Å²) >= 11 is 0. The van der Waals surface area contributed by atoms with Gasteiger partial charge in [0.1, 0.15) is 0 Å². The summed E-state index contributed by atoms with van der Waals surface area (Å²) in [5, 5.41) is 0. The first-order valence-corrected chi connectivity index (χ1v) is 7.01. The molecule has 0 unspecified atom stereocenters. The molecule has 0 fully saturated rings. The van der Waals surface area contributed by atoms with E-state index < -0.39 is 0 Å². The summed E-state index contributed by atoms with van der Waals surface area (Å²) in [7, 11) is 0. The number of aromatic nitrogens is 3. The third-order valence-electron chi connectivity index (χ3n) is 3.84. The number of hydrogen-bond acceptors (Lipinski definition) is 3. The number of anilines is 1. The van der Waals surface area contributed by atoms with E-state index in [0.29, 0.717) is 0 Å². The van der Waals surface area contributed by atoms with Crippen molar-refractivity contribution < 1.29 is 0 Å². The Kier molecular flexibility index (Phi) is 2.66. The lowest BCUT2D eigenvalue weighted by molar-refractivity contribution is 0.685. The number of imidazole rings is 1. The Hall–Kier alpha value is -2.36. The quantitative estimate of drug-likeness (QED) is 0.713. The average molecular weight is 264 g/mol. The van der Waals surface area contributed by atoms with Gasteiger partial charge in [0.25, 0.3) is 0 Å². The molecule has 1 aliphatic rings. The zero-order valence-electron chi connectivity index (χ0n) is 11.2. The summed E-state index contributed by atoms with van der Waals surface area (Å²) in [4.78, 5) is 11.3. The van der Waals surface area contributed by atoms with Crippen LogP contribution in [-0.2, 0) is 13.0 Å². The fraction of sp³-hybridized carbons (Fsp3) is 0.250. The van der Waals surface area contributed by atoms with Gasteiger partial charge in [0.05, 0.1) is 12.2 Å². The Balaban J connectivity index is 1.66. The lowest BCUT2D eigenvalue weighted by atomic mass is 10.0. The predicted octanol–water partition coefficient (Wildman–Crippen LogP) is 2.68. The summed E-state index contributed by atoms with van der Waals surface area (Å²) in [6.07, 6.45) is 8.23. The Morgan fingerprint density at radius 1 is 1.15 bits per heavy atom. The van der Waals surface area contributed by atoms with Crippen LogP contribution >= 0.6 is 0 Å². The highest BCUT2D eigenvalue weighted by Gasteiger charge is 2.17. The van der Waals surface area contributed by atoms with Crippen LogP contribution in [-0.4, -0.2) is 20.9 Å². The summed E-state index contributed by atoms with van der Waals surface area (Å²) < 4.78 is 1.98. The fourth-order valence-electron chi connectivity index (χ4n) is 2.93. The number of rotatable bonds is 2. The molecule has 4 heteroatoms. The minimum absolute atomic E-state index is 0.771. The van der Waals surface area contributed by atoms with E-state index in [0.717, 1.165) is 24.6 Å². The van der Waals surface area contributed by atoms with Gasteiger partial charge in [0.2, 0.25) is 5.78 Å². The Bertz CT molecular complexity index is 714. The molecule has 2 aromatic heterocycles. The van der Waals surface area contributed by atoms with Crippen LogP contribution in [0.2, 0.25) is 0 Å². The van der Waals surface area contributed by atoms with Gasteiger partial charge >= 0.3 is 0 Å². The van der Waals surface area contributed by atoms with Gasteiger partial charge in [0.15, 0.2) is 0 Å². The number of aryl methyl sites for hydroxylation is 1. The van der Waals surface area contributed by atoms with Gasteiger partial charge in [-0.05, 0) is 30.5 Å². The summed E-state index contributed by atoms with van der Waals surface area (Å²) in [6, 6.07) is 10.6. The van der Waals surface area contributed by atoms with E-state index in [1.54, 1.807) is 6.20 Å². The molecule has 4 rings (SSSR count). The van der Waals surface area contributed by atoms with Crippen LogP contribution in [0.15, 0.2) is 48.9 Å². The van der Waals surface area contributed by atoms with Gasteiger partial charge in [-0.1, -0.05) is 18.2 Å². The van der Waals surface area contributed by atoms with Crippen LogP contribution in [0, 0.1) is 0 Å². The third kappa shape index (κ3) is 1.93. The zero-order chi connectivity index (χ0) is 13.4. The predicted molar refractivity (Wildman–Crippen MR) is 78.8 cm³/mol. The molecule has 0 bridgehead atoms. The summed E-state index contributed by atoms with van der Waals surface area (Å²) in [5.74, 6) is 0.771. The molecule has 0 saturated heterocycles. The number of para-hydroxylation sites is 1. The van der Waals surface area contributed by atoms with E-state index in [1.165, 1.54) is 24.1 Å². The summed E-state index contributed by atoms with van der Waals surface area (Å²) in [6.45, 7) is 1.94.